The molecule has 0 spiro atoms. The van der Waals surface area contributed by atoms with Crippen LogP contribution in [0.5, 0.6) is 0 Å². The Morgan fingerprint density at radius 1 is 1.09 bits per heavy atom. The highest BCUT2D eigenvalue weighted by Gasteiger charge is 2.10. The molecule has 0 atom stereocenters. The molecule has 0 aliphatic carbocycles. The average molecular weight is 408 g/mol. The lowest BCUT2D eigenvalue weighted by Crippen LogP contribution is -2.02. The maximum atomic E-state index is 6.20. The molecular weight excluding hydrogens is 396 g/mol. The summed E-state index contributed by atoms with van der Waals surface area (Å²) in [4.78, 5) is 9.49. The van der Waals surface area contributed by atoms with E-state index in [0.29, 0.717) is 21.6 Å². The largest absolute Gasteiger partial charge is 0.394 e. The van der Waals surface area contributed by atoms with Crippen molar-refractivity contribution in [2.75, 3.05) is 11.1 Å². The molecule has 1 heterocycles. The molecule has 0 amide bonds. The first-order chi connectivity index (χ1) is 11.1. The minimum atomic E-state index is 0.507. The zero-order valence-corrected chi connectivity index (χ0v) is 15.0. The summed E-state index contributed by atoms with van der Waals surface area (Å²) < 4.78 is 0.978. The van der Waals surface area contributed by atoms with Crippen LogP contribution in [0.25, 0.3) is 0 Å². The fourth-order valence-corrected chi connectivity index (χ4v) is 3.20. The minimum Gasteiger partial charge on any atom is -0.394 e. The number of hydrogen-bond acceptors (Lipinski definition) is 5. The van der Waals surface area contributed by atoms with Crippen molar-refractivity contribution >= 4 is 56.5 Å². The van der Waals surface area contributed by atoms with Crippen LogP contribution >= 0.6 is 39.3 Å². The molecule has 0 aliphatic rings. The van der Waals surface area contributed by atoms with Gasteiger partial charge in [-0.1, -0.05) is 45.4 Å². The Hall–Kier alpha value is -1.76. The standard InChI is InChI=1S/C16H12BrClN4S/c17-10-2-1-3-12(8-10)22-15-14(19)16(21-9-20-15)23-13-6-4-11(18)5-7-13/h1-9H,19H2,(H,20,21,22). The summed E-state index contributed by atoms with van der Waals surface area (Å²) in [7, 11) is 0. The van der Waals surface area contributed by atoms with E-state index in [9.17, 15) is 0 Å². The molecule has 23 heavy (non-hydrogen) atoms. The van der Waals surface area contributed by atoms with E-state index in [1.54, 1.807) is 0 Å². The molecule has 116 valence electrons. The predicted molar refractivity (Wildman–Crippen MR) is 99.4 cm³/mol. The van der Waals surface area contributed by atoms with E-state index in [-0.39, 0.29) is 0 Å². The molecule has 0 radical (unpaired) electrons. The number of aromatic nitrogens is 2. The normalized spacial score (nSPS) is 10.5. The highest BCUT2D eigenvalue weighted by atomic mass is 79.9. The monoisotopic (exact) mass is 406 g/mol. The summed E-state index contributed by atoms with van der Waals surface area (Å²) in [5, 5.41) is 4.60. The minimum absolute atomic E-state index is 0.507. The zero-order valence-electron chi connectivity index (χ0n) is 11.8. The second kappa shape index (κ2) is 7.21. The summed E-state index contributed by atoms with van der Waals surface area (Å²) in [5.41, 5.74) is 7.60. The quantitative estimate of drug-likeness (QED) is 0.569. The van der Waals surface area contributed by atoms with Crippen LogP contribution in [0.3, 0.4) is 0 Å². The number of nitrogens with one attached hydrogen (secondary N) is 1. The van der Waals surface area contributed by atoms with Crippen LogP contribution < -0.4 is 11.1 Å². The van der Waals surface area contributed by atoms with Gasteiger partial charge >= 0.3 is 0 Å². The Balaban J connectivity index is 1.84. The van der Waals surface area contributed by atoms with Crippen LogP contribution in [0.15, 0.2) is 69.3 Å². The van der Waals surface area contributed by atoms with Gasteiger partial charge in [-0.15, -0.1) is 0 Å². The molecule has 0 bridgehead atoms. The third kappa shape index (κ3) is 4.16. The van der Waals surface area contributed by atoms with E-state index in [2.05, 4.69) is 31.2 Å². The number of halogens is 2. The fourth-order valence-electron chi connectivity index (χ4n) is 1.88. The van der Waals surface area contributed by atoms with Crippen LogP contribution in [0.4, 0.5) is 17.2 Å². The van der Waals surface area contributed by atoms with E-state index >= 15 is 0 Å². The second-order valence-electron chi connectivity index (χ2n) is 4.63. The van der Waals surface area contributed by atoms with Gasteiger partial charge in [0.1, 0.15) is 17.0 Å². The van der Waals surface area contributed by atoms with Crippen LogP contribution in [-0.4, -0.2) is 9.97 Å². The molecule has 0 aliphatic heterocycles. The SMILES string of the molecule is Nc1c(Nc2cccc(Br)c2)ncnc1Sc1ccc(Cl)cc1. The molecular formula is C16H12BrClN4S. The highest BCUT2D eigenvalue weighted by Crippen LogP contribution is 2.34. The van der Waals surface area contributed by atoms with E-state index in [0.717, 1.165) is 15.1 Å². The smallest absolute Gasteiger partial charge is 0.158 e. The van der Waals surface area contributed by atoms with Crippen LogP contribution in [-0.2, 0) is 0 Å². The van der Waals surface area contributed by atoms with Crippen LogP contribution in [0.2, 0.25) is 5.02 Å². The van der Waals surface area contributed by atoms with Gasteiger partial charge in [0.2, 0.25) is 0 Å². The van der Waals surface area contributed by atoms with Gasteiger partial charge in [0.25, 0.3) is 0 Å². The van der Waals surface area contributed by atoms with Crippen LogP contribution in [0, 0.1) is 0 Å². The first kappa shape index (κ1) is 16.1. The molecule has 3 N–H and O–H groups in total. The lowest BCUT2D eigenvalue weighted by atomic mass is 10.3. The number of nitrogens with two attached hydrogens (primary N) is 1. The summed E-state index contributed by atoms with van der Waals surface area (Å²) in [6, 6.07) is 15.3. The molecule has 3 rings (SSSR count). The Bertz CT molecular complexity index is 827. The van der Waals surface area contributed by atoms with E-state index in [1.165, 1.54) is 18.1 Å². The van der Waals surface area contributed by atoms with Crippen molar-refractivity contribution in [2.45, 2.75) is 9.92 Å². The third-order valence-corrected chi connectivity index (χ3v) is 4.73. The number of hydrogen-bond donors (Lipinski definition) is 2. The van der Waals surface area contributed by atoms with Gasteiger partial charge in [-0.05, 0) is 42.5 Å². The molecule has 0 unspecified atom stereocenters. The van der Waals surface area contributed by atoms with Crippen molar-refractivity contribution in [1.82, 2.24) is 9.97 Å². The Morgan fingerprint density at radius 2 is 1.87 bits per heavy atom. The molecule has 0 fully saturated rings. The fraction of sp³-hybridized carbons (Fsp3) is 0. The number of nitrogen functional groups attached to an aromatic ring is 1. The van der Waals surface area contributed by atoms with Crippen molar-refractivity contribution in [3.8, 4) is 0 Å². The first-order valence-electron chi connectivity index (χ1n) is 6.68. The number of nitrogens with zero attached hydrogens (tertiary/aromatic N) is 2. The number of anilines is 3. The summed E-state index contributed by atoms with van der Waals surface area (Å²) in [6.07, 6.45) is 1.49. The molecule has 2 aromatic carbocycles. The van der Waals surface area contributed by atoms with Crippen molar-refractivity contribution in [3.63, 3.8) is 0 Å². The topological polar surface area (TPSA) is 63.8 Å². The Morgan fingerprint density at radius 3 is 2.61 bits per heavy atom. The third-order valence-electron chi connectivity index (χ3n) is 2.96. The maximum Gasteiger partial charge on any atom is 0.158 e. The molecule has 4 nitrogen and oxygen atoms in total. The molecule has 7 heteroatoms. The van der Waals surface area contributed by atoms with Gasteiger partial charge < -0.3 is 11.1 Å². The molecule has 3 aromatic rings. The van der Waals surface area contributed by atoms with Crippen LogP contribution in [0.1, 0.15) is 0 Å². The van der Waals surface area contributed by atoms with Crippen molar-refractivity contribution < 1.29 is 0 Å². The van der Waals surface area contributed by atoms with Gasteiger partial charge in [-0.2, -0.15) is 0 Å². The molecule has 1 aromatic heterocycles. The number of rotatable bonds is 4. The van der Waals surface area contributed by atoms with Crippen molar-refractivity contribution in [3.05, 3.63) is 64.4 Å². The Kier molecular flexibility index (Phi) is 5.05. The van der Waals surface area contributed by atoms with Gasteiger partial charge in [0, 0.05) is 20.1 Å². The van der Waals surface area contributed by atoms with Gasteiger partial charge in [-0.25, -0.2) is 9.97 Å². The van der Waals surface area contributed by atoms with Gasteiger partial charge in [-0.3, -0.25) is 0 Å². The first-order valence-corrected chi connectivity index (χ1v) is 8.67. The lowest BCUT2D eigenvalue weighted by Gasteiger charge is -2.11. The zero-order chi connectivity index (χ0) is 16.2. The van der Waals surface area contributed by atoms with Gasteiger partial charge in [0.05, 0.1) is 0 Å². The predicted octanol–water partition coefficient (Wildman–Crippen LogP) is 5.37. The van der Waals surface area contributed by atoms with Gasteiger partial charge in [0.15, 0.2) is 5.82 Å². The lowest BCUT2D eigenvalue weighted by molar-refractivity contribution is 1.06. The number of benzene rings is 2. The van der Waals surface area contributed by atoms with Crippen molar-refractivity contribution in [1.29, 1.82) is 0 Å². The molecule has 0 saturated carbocycles. The van der Waals surface area contributed by atoms with Crippen molar-refractivity contribution in [2.24, 2.45) is 0 Å². The summed E-state index contributed by atoms with van der Waals surface area (Å²) in [5.74, 6) is 0.578. The maximum absolute atomic E-state index is 6.20. The van der Waals surface area contributed by atoms with E-state index < -0.39 is 0 Å². The van der Waals surface area contributed by atoms with E-state index in [1.807, 2.05) is 48.5 Å². The average Bonchev–Trinajstić information content (AvgIpc) is 2.53. The summed E-state index contributed by atoms with van der Waals surface area (Å²) in [6.45, 7) is 0. The highest BCUT2D eigenvalue weighted by molar-refractivity contribution is 9.10. The Labute approximate surface area is 151 Å². The van der Waals surface area contributed by atoms with E-state index in [4.69, 9.17) is 17.3 Å². The molecule has 0 saturated heterocycles. The second-order valence-corrected chi connectivity index (χ2v) is 7.05. The summed E-state index contributed by atoms with van der Waals surface area (Å²) >= 11 is 10.8.